The molecule has 0 unspecified atom stereocenters. The van der Waals surface area contributed by atoms with Crippen molar-refractivity contribution in [2.75, 3.05) is 0 Å². The van der Waals surface area contributed by atoms with Crippen molar-refractivity contribution in [3.8, 4) is 0 Å². The number of aromatic nitrogens is 2. The summed E-state index contributed by atoms with van der Waals surface area (Å²) >= 11 is 0. The Bertz CT molecular complexity index is 1370. The Morgan fingerprint density at radius 2 is 1.83 bits per heavy atom. The van der Waals surface area contributed by atoms with E-state index in [-0.39, 0.29) is 28.7 Å². The van der Waals surface area contributed by atoms with E-state index in [0.717, 1.165) is 32.0 Å². The molecule has 1 saturated carbocycles. The molecule has 0 saturated heterocycles. The average Bonchev–Trinajstić information content (AvgIpc) is 3.36. The number of sulfonamides is 1. The lowest BCUT2D eigenvalue weighted by Crippen LogP contribution is -2.28. The highest BCUT2D eigenvalue weighted by Crippen LogP contribution is 2.39. The van der Waals surface area contributed by atoms with E-state index in [1.54, 1.807) is 18.3 Å². The van der Waals surface area contributed by atoms with Gasteiger partial charge in [0, 0.05) is 35.6 Å². The number of rotatable bonds is 6. The maximum absolute atomic E-state index is 14.8. The third-order valence-corrected chi connectivity index (χ3v) is 7.43. The number of fused-ring (bicyclic) bond motifs is 1. The molecule has 2 aromatic rings. The molecule has 1 aromatic heterocycles. The second-order valence-electron chi connectivity index (χ2n) is 9.36. The van der Waals surface area contributed by atoms with Gasteiger partial charge in [-0.15, -0.1) is 5.12 Å². The van der Waals surface area contributed by atoms with Crippen LogP contribution >= 0.6 is 0 Å². The summed E-state index contributed by atoms with van der Waals surface area (Å²) in [6.45, 7) is 4.04. The van der Waals surface area contributed by atoms with Gasteiger partial charge in [0.15, 0.2) is 5.82 Å². The van der Waals surface area contributed by atoms with E-state index in [1.165, 1.54) is 12.1 Å². The highest BCUT2D eigenvalue weighted by molar-refractivity contribution is 7.89. The van der Waals surface area contributed by atoms with Gasteiger partial charge in [-0.25, -0.2) is 18.5 Å². The fourth-order valence-electron chi connectivity index (χ4n) is 4.51. The van der Waals surface area contributed by atoms with Crippen LogP contribution in [0.3, 0.4) is 0 Å². The molecule has 3 heterocycles. The molecule has 0 atom stereocenters. The van der Waals surface area contributed by atoms with Crippen molar-refractivity contribution in [1.82, 2.24) is 15.3 Å². The molecular weight excluding hydrogens is 487 g/mol. The molecule has 1 fully saturated rings. The normalized spacial score (nSPS) is 22.4. The molecular formula is C24H27FN6O4S. The second-order valence-corrected chi connectivity index (χ2v) is 10.9. The Kier molecular flexibility index (Phi) is 6.47. The van der Waals surface area contributed by atoms with Crippen LogP contribution in [0.25, 0.3) is 5.70 Å². The van der Waals surface area contributed by atoms with E-state index in [1.807, 2.05) is 13.8 Å². The van der Waals surface area contributed by atoms with E-state index >= 15 is 0 Å². The lowest BCUT2D eigenvalue weighted by molar-refractivity contribution is -0.0105. The largest absolute Gasteiger partial charge is 0.474 e. The van der Waals surface area contributed by atoms with Crippen LogP contribution in [0.2, 0.25) is 0 Å². The zero-order valence-electron chi connectivity index (χ0n) is 20.0. The Labute approximate surface area is 208 Å². The van der Waals surface area contributed by atoms with Crippen LogP contribution in [0.1, 0.15) is 75.1 Å². The number of halogens is 1. The number of primary sulfonamides is 1. The number of nitrogens with two attached hydrogens (primary N) is 1. The maximum atomic E-state index is 14.8. The minimum absolute atomic E-state index is 0.00457. The summed E-state index contributed by atoms with van der Waals surface area (Å²) in [5.41, 5.74) is 2.21. The molecule has 1 aromatic carbocycles. The number of aliphatic imine (C=N–C) groups is 2. The second kappa shape index (κ2) is 9.58. The van der Waals surface area contributed by atoms with Gasteiger partial charge in [0.2, 0.25) is 21.8 Å². The molecule has 0 spiro atoms. The monoisotopic (exact) mass is 514 g/mol. The van der Waals surface area contributed by atoms with E-state index in [0.29, 0.717) is 45.8 Å². The molecule has 36 heavy (non-hydrogen) atoms. The van der Waals surface area contributed by atoms with Crippen LogP contribution < -0.4 is 5.14 Å². The highest BCUT2D eigenvalue weighted by atomic mass is 32.2. The first-order valence-corrected chi connectivity index (χ1v) is 13.4. The van der Waals surface area contributed by atoms with Crippen LogP contribution in [-0.2, 0) is 14.8 Å². The average molecular weight is 515 g/mol. The van der Waals surface area contributed by atoms with Gasteiger partial charge < -0.3 is 9.26 Å². The number of nitrogens with zero attached hydrogens (tertiary/aromatic N) is 5. The number of hydrogen-bond acceptors (Lipinski definition) is 9. The molecule has 190 valence electrons. The van der Waals surface area contributed by atoms with Crippen molar-refractivity contribution < 1.29 is 22.2 Å². The first kappa shape index (κ1) is 24.3. The van der Waals surface area contributed by atoms with E-state index in [2.05, 4.69) is 20.1 Å². The molecule has 1 aliphatic carbocycles. The molecule has 3 aliphatic rings. The van der Waals surface area contributed by atoms with Crippen molar-refractivity contribution >= 4 is 28.3 Å². The predicted octanol–water partition coefficient (Wildman–Crippen LogP) is 4.17. The summed E-state index contributed by atoms with van der Waals surface area (Å²) in [5, 5.41) is 9.65. The number of ether oxygens (including phenoxy) is 1. The Morgan fingerprint density at radius 3 is 2.47 bits per heavy atom. The molecule has 2 aliphatic heterocycles. The molecule has 10 nitrogen and oxygen atoms in total. The summed E-state index contributed by atoms with van der Waals surface area (Å²) in [7, 11) is -3.81. The molecule has 0 radical (unpaired) electrons. The summed E-state index contributed by atoms with van der Waals surface area (Å²) in [6, 6.07) is 6.01. The number of allylic oxidation sites excluding steroid dienone is 1. The number of hydrogen-bond donors (Lipinski definition) is 1. The Hall–Kier alpha value is -3.38. The molecule has 0 amide bonds. The fraction of sp³-hybridized carbons (Fsp3) is 0.417. The van der Waals surface area contributed by atoms with Crippen molar-refractivity contribution in [2.24, 2.45) is 15.1 Å². The summed E-state index contributed by atoms with van der Waals surface area (Å²) in [4.78, 5) is 13.2. The van der Waals surface area contributed by atoms with Gasteiger partial charge in [0.25, 0.3) is 0 Å². The lowest BCUT2D eigenvalue weighted by Gasteiger charge is -2.31. The molecule has 2 N–H and O–H groups in total. The van der Waals surface area contributed by atoms with Gasteiger partial charge in [-0.3, -0.25) is 4.99 Å². The van der Waals surface area contributed by atoms with E-state index in [9.17, 15) is 12.9 Å². The van der Waals surface area contributed by atoms with Gasteiger partial charge in [-0.2, -0.15) is 4.98 Å². The SMILES string of the molecule is CC(C)c1noc(C2CCC(OC3=C4CC=NC(c5ccc(S(N)(=O)=O)cc5)=C4N=CN3F)CC2)n1. The zero-order chi connectivity index (χ0) is 25.4. The first-order valence-electron chi connectivity index (χ1n) is 11.8. The van der Waals surface area contributed by atoms with Gasteiger partial charge in [-0.05, 0) is 37.8 Å². The fourth-order valence-corrected chi connectivity index (χ4v) is 5.03. The molecule has 5 rings (SSSR count). The predicted molar refractivity (Wildman–Crippen MR) is 131 cm³/mol. The standard InChI is InChI=1S/C24H27FN6O4S/c1-14(2)22-29-23(35-30-22)16-3-7-17(8-4-16)34-24-19-11-12-27-20(21(19)28-13-31(24)25)15-5-9-18(10-6-15)36(26,32)33/h5-6,9-10,12-14,16-17H,3-4,7-8,11H2,1-2H3,(H2,26,32,33). The topological polar surface area (TPSA) is 136 Å². The van der Waals surface area contributed by atoms with Crippen LogP contribution in [0, 0.1) is 0 Å². The third-order valence-electron chi connectivity index (χ3n) is 6.50. The van der Waals surface area contributed by atoms with Crippen LogP contribution in [-0.4, -0.2) is 42.3 Å². The Balaban J connectivity index is 1.34. The highest BCUT2D eigenvalue weighted by Gasteiger charge is 2.32. The van der Waals surface area contributed by atoms with Crippen LogP contribution in [0.5, 0.6) is 0 Å². The van der Waals surface area contributed by atoms with Gasteiger partial charge in [0.05, 0.1) is 10.6 Å². The quantitative estimate of drug-likeness (QED) is 0.571. The Morgan fingerprint density at radius 1 is 1.11 bits per heavy atom. The summed E-state index contributed by atoms with van der Waals surface area (Å²) < 4.78 is 49.6. The van der Waals surface area contributed by atoms with Crippen LogP contribution in [0.15, 0.2) is 60.8 Å². The summed E-state index contributed by atoms with van der Waals surface area (Å²) in [6.07, 6.45) is 5.97. The van der Waals surface area contributed by atoms with Crippen LogP contribution in [0.4, 0.5) is 4.48 Å². The van der Waals surface area contributed by atoms with E-state index in [4.69, 9.17) is 14.4 Å². The van der Waals surface area contributed by atoms with Crippen molar-refractivity contribution in [2.45, 2.75) is 68.8 Å². The van der Waals surface area contributed by atoms with Crippen molar-refractivity contribution in [1.29, 1.82) is 0 Å². The first-order chi connectivity index (χ1) is 17.2. The minimum Gasteiger partial charge on any atom is -0.474 e. The molecule has 0 bridgehead atoms. The number of benzene rings is 1. The van der Waals surface area contributed by atoms with Gasteiger partial charge in [0.1, 0.15) is 18.1 Å². The van der Waals surface area contributed by atoms with Crippen molar-refractivity contribution in [3.63, 3.8) is 0 Å². The third kappa shape index (κ3) is 4.82. The minimum atomic E-state index is -3.81. The van der Waals surface area contributed by atoms with Gasteiger partial charge >= 0.3 is 0 Å². The lowest BCUT2D eigenvalue weighted by atomic mass is 9.87. The smallest absolute Gasteiger partial charge is 0.238 e. The zero-order valence-corrected chi connectivity index (χ0v) is 20.8. The molecule has 12 heteroatoms. The summed E-state index contributed by atoms with van der Waals surface area (Å²) in [5.74, 6) is 1.84. The van der Waals surface area contributed by atoms with Crippen molar-refractivity contribution in [3.05, 3.63) is 58.7 Å². The van der Waals surface area contributed by atoms with E-state index < -0.39 is 10.0 Å². The van der Waals surface area contributed by atoms with Gasteiger partial charge in [-0.1, -0.05) is 35.6 Å². The maximum Gasteiger partial charge on any atom is 0.238 e.